The Bertz CT molecular complexity index is 1080. The predicted octanol–water partition coefficient (Wildman–Crippen LogP) is 5.37. The van der Waals surface area contributed by atoms with Crippen LogP contribution in [0.15, 0.2) is 84.9 Å². The lowest BCUT2D eigenvalue weighted by molar-refractivity contribution is -0.143. The van der Waals surface area contributed by atoms with Crippen molar-refractivity contribution in [1.82, 2.24) is 10.2 Å². The molecule has 1 fully saturated rings. The van der Waals surface area contributed by atoms with Crippen molar-refractivity contribution in [2.45, 2.75) is 50.7 Å². The average Bonchev–Trinajstić information content (AvgIpc) is 3.40. The van der Waals surface area contributed by atoms with Gasteiger partial charge in [0.25, 0.3) is 5.91 Å². The van der Waals surface area contributed by atoms with E-state index in [1.54, 1.807) is 4.90 Å². The van der Waals surface area contributed by atoms with E-state index in [-0.39, 0.29) is 24.5 Å². The molecule has 6 heteroatoms. The summed E-state index contributed by atoms with van der Waals surface area (Å²) in [5.74, 6) is 0.322. The largest absolute Gasteiger partial charge is 0.484 e. The SMILES string of the molecule is O=C(NC1CCCC1)C(Cc1ccccc1)N(Cc1ccccc1)C(=O)COc1ccc(I)cc1. The second-order valence-electron chi connectivity index (χ2n) is 8.95. The van der Waals surface area contributed by atoms with Gasteiger partial charge < -0.3 is 15.0 Å². The molecule has 0 radical (unpaired) electrons. The maximum Gasteiger partial charge on any atom is 0.261 e. The van der Waals surface area contributed by atoms with Crippen LogP contribution in [0.3, 0.4) is 0 Å². The zero-order valence-electron chi connectivity index (χ0n) is 19.7. The second kappa shape index (κ2) is 12.7. The van der Waals surface area contributed by atoms with Crippen LogP contribution in [-0.4, -0.2) is 35.4 Å². The number of amides is 2. The molecule has 4 rings (SSSR count). The van der Waals surface area contributed by atoms with Crippen molar-refractivity contribution in [3.8, 4) is 5.75 Å². The third-order valence-corrected chi connectivity index (χ3v) is 7.06. The zero-order chi connectivity index (χ0) is 24.5. The fourth-order valence-electron chi connectivity index (χ4n) is 4.46. The van der Waals surface area contributed by atoms with Crippen molar-refractivity contribution in [2.75, 3.05) is 6.61 Å². The molecule has 182 valence electrons. The van der Waals surface area contributed by atoms with E-state index >= 15 is 0 Å². The standard InChI is InChI=1S/C29H31IN2O3/c30-24-15-17-26(18-16-24)35-21-28(33)32(20-23-11-5-2-6-12-23)27(19-22-9-3-1-4-10-22)29(34)31-25-13-7-8-14-25/h1-6,9-12,15-18,25,27H,7-8,13-14,19-21H2,(H,31,34). The summed E-state index contributed by atoms with van der Waals surface area (Å²) in [6, 6.07) is 26.8. The molecule has 1 atom stereocenters. The van der Waals surface area contributed by atoms with E-state index < -0.39 is 6.04 Å². The number of ether oxygens (including phenoxy) is 1. The maximum absolute atomic E-state index is 13.6. The smallest absolute Gasteiger partial charge is 0.261 e. The summed E-state index contributed by atoms with van der Waals surface area (Å²) in [4.78, 5) is 28.9. The first-order valence-electron chi connectivity index (χ1n) is 12.1. The van der Waals surface area contributed by atoms with Crippen molar-refractivity contribution in [3.63, 3.8) is 0 Å². The number of nitrogens with zero attached hydrogens (tertiary/aromatic N) is 1. The monoisotopic (exact) mass is 582 g/mol. The number of benzene rings is 3. The van der Waals surface area contributed by atoms with Crippen molar-refractivity contribution in [3.05, 3.63) is 99.6 Å². The Morgan fingerprint density at radius 3 is 2.11 bits per heavy atom. The van der Waals surface area contributed by atoms with Gasteiger partial charge in [0, 0.05) is 22.6 Å². The topological polar surface area (TPSA) is 58.6 Å². The van der Waals surface area contributed by atoms with Gasteiger partial charge in [-0.25, -0.2) is 0 Å². The molecule has 0 spiro atoms. The lowest BCUT2D eigenvalue weighted by Crippen LogP contribution is -2.53. The lowest BCUT2D eigenvalue weighted by Gasteiger charge is -2.32. The molecule has 5 nitrogen and oxygen atoms in total. The van der Waals surface area contributed by atoms with Crippen LogP contribution in [0.25, 0.3) is 0 Å². The van der Waals surface area contributed by atoms with Crippen molar-refractivity contribution < 1.29 is 14.3 Å². The van der Waals surface area contributed by atoms with Gasteiger partial charge in [-0.15, -0.1) is 0 Å². The first kappa shape index (κ1) is 25.2. The highest BCUT2D eigenvalue weighted by atomic mass is 127. The molecule has 0 aliphatic heterocycles. The molecule has 0 bridgehead atoms. The Labute approximate surface area is 221 Å². The normalized spacial score (nSPS) is 14.3. The molecule has 1 aliphatic carbocycles. The Balaban J connectivity index is 1.58. The highest BCUT2D eigenvalue weighted by Gasteiger charge is 2.32. The molecular weight excluding hydrogens is 551 g/mol. The number of hydrogen-bond donors (Lipinski definition) is 1. The molecule has 3 aromatic carbocycles. The van der Waals surface area contributed by atoms with Gasteiger partial charge in [-0.05, 0) is 70.8 Å². The summed E-state index contributed by atoms with van der Waals surface area (Å²) in [5.41, 5.74) is 1.99. The summed E-state index contributed by atoms with van der Waals surface area (Å²) in [6.07, 6.45) is 4.69. The van der Waals surface area contributed by atoms with Gasteiger partial charge in [0.15, 0.2) is 6.61 Å². The Morgan fingerprint density at radius 1 is 0.886 bits per heavy atom. The van der Waals surface area contributed by atoms with Gasteiger partial charge in [-0.2, -0.15) is 0 Å². The number of hydrogen-bond acceptors (Lipinski definition) is 3. The first-order chi connectivity index (χ1) is 17.1. The fourth-order valence-corrected chi connectivity index (χ4v) is 4.82. The number of nitrogens with one attached hydrogen (secondary N) is 1. The maximum atomic E-state index is 13.6. The molecule has 2 amide bonds. The molecule has 1 aliphatic rings. The number of halogens is 1. The van der Waals surface area contributed by atoms with E-state index in [1.807, 2.05) is 84.9 Å². The first-order valence-corrected chi connectivity index (χ1v) is 13.2. The van der Waals surface area contributed by atoms with E-state index in [0.29, 0.717) is 18.7 Å². The van der Waals surface area contributed by atoms with Gasteiger partial charge in [-0.1, -0.05) is 73.5 Å². The highest BCUT2D eigenvalue weighted by molar-refractivity contribution is 14.1. The van der Waals surface area contributed by atoms with Crippen molar-refractivity contribution in [1.29, 1.82) is 0 Å². The van der Waals surface area contributed by atoms with Crippen LogP contribution < -0.4 is 10.1 Å². The van der Waals surface area contributed by atoms with E-state index in [0.717, 1.165) is 40.4 Å². The highest BCUT2D eigenvalue weighted by Crippen LogP contribution is 2.20. The van der Waals surface area contributed by atoms with Crippen LogP contribution in [0.5, 0.6) is 5.75 Å². The molecule has 35 heavy (non-hydrogen) atoms. The summed E-state index contributed by atoms with van der Waals surface area (Å²) < 4.78 is 6.92. The lowest BCUT2D eigenvalue weighted by atomic mass is 10.0. The molecule has 0 aromatic heterocycles. The molecule has 1 N–H and O–H groups in total. The van der Waals surface area contributed by atoms with Crippen LogP contribution in [0.2, 0.25) is 0 Å². The van der Waals surface area contributed by atoms with E-state index in [9.17, 15) is 9.59 Å². The van der Waals surface area contributed by atoms with Gasteiger partial charge >= 0.3 is 0 Å². The van der Waals surface area contributed by atoms with Crippen molar-refractivity contribution in [2.24, 2.45) is 0 Å². The van der Waals surface area contributed by atoms with Gasteiger partial charge in [0.05, 0.1) is 0 Å². The molecule has 0 saturated heterocycles. The minimum Gasteiger partial charge on any atom is -0.484 e. The minimum atomic E-state index is -0.633. The summed E-state index contributed by atoms with van der Waals surface area (Å²) in [5, 5.41) is 3.23. The summed E-state index contributed by atoms with van der Waals surface area (Å²) >= 11 is 2.23. The second-order valence-corrected chi connectivity index (χ2v) is 10.2. The van der Waals surface area contributed by atoms with Crippen LogP contribution in [-0.2, 0) is 22.6 Å². The minimum absolute atomic E-state index is 0.0979. The Hall–Kier alpha value is -2.87. The Kier molecular flexibility index (Phi) is 9.17. The van der Waals surface area contributed by atoms with E-state index in [2.05, 4.69) is 27.9 Å². The molecular formula is C29H31IN2O3. The van der Waals surface area contributed by atoms with Crippen molar-refractivity contribution >= 4 is 34.4 Å². The van der Waals surface area contributed by atoms with Crippen LogP contribution in [0.4, 0.5) is 0 Å². The van der Waals surface area contributed by atoms with Gasteiger partial charge in [0.2, 0.25) is 5.91 Å². The third kappa shape index (κ3) is 7.56. The van der Waals surface area contributed by atoms with Crippen LogP contribution in [0.1, 0.15) is 36.8 Å². The predicted molar refractivity (Wildman–Crippen MR) is 146 cm³/mol. The number of carbonyl (C=O) groups excluding carboxylic acids is 2. The summed E-state index contributed by atoms with van der Waals surface area (Å²) in [7, 11) is 0. The zero-order valence-corrected chi connectivity index (χ0v) is 21.9. The van der Waals surface area contributed by atoms with Crippen LogP contribution >= 0.6 is 22.6 Å². The van der Waals surface area contributed by atoms with E-state index in [4.69, 9.17) is 4.74 Å². The molecule has 1 unspecified atom stereocenters. The van der Waals surface area contributed by atoms with E-state index in [1.165, 1.54) is 0 Å². The molecule has 3 aromatic rings. The molecule has 0 heterocycles. The number of rotatable bonds is 10. The third-order valence-electron chi connectivity index (χ3n) is 6.34. The summed E-state index contributed by atoms with van der Waals surface area (Å²) in [6.45, 7) is 0.209. The fraction of sp³-hybridized carbons (Fsp3) is 0.310. The Morgan fingerprint density at radius 2 is 1.49 bits per heavy atom. The molecule has 1 saturated carbocycles. The van der Waals surface area contributed by atoms with Crippen LogP contribution in [0, 0.1) is 3.57 Å². The average molecular weight is 582 g/mol. The quantitative estimate of drug-likeness (QED) is 0.327. The van der Waals surface area contributed by atoms with Gasteiger partial charge in [-0.3, -0.25) is 9.59 Å². The van der Waals surface area contributed by atoms with Gasteiger partial charge in [0.1, 0.15) is 11.8 Å². The number of carbonyl (C=O) groups is 2.